The monoisotopic (exact) mass is 507 g/mol. The van der Waals surface area contributed by atoms with E-state index in [1.54, 1.807) is 0 Å². The first kappa shape index (κ1) is 36.0. The Balaban J connectivity index is 3.23. The molecule has 0 nitrogen and oxygen atoms in total. The van der Waals surface area contributed by atoms with Gasteiger partial charge in [-0.1, -0.05) is 220 Å². The van der Waals surface area contributed by atoms with Gasteiger partial charge in [0.05, 0.1) is 0 Å². The van der Waals surface area contributed by atoms with Gasteiger partial charge in [0.2, 0.25) is 0 Å². The van der Waals surface area contributed by atoms with E-state index in [1.165, 1.54) is 193 Å². The molecule has 0 amide bonds. The van der Waals surface area contributed by atoms with E-state index in [-0.39, 0.29) is 0 Å². The van der Waals surface area contributed by atoms with Gasteiger partial charge in [-0.25, -0.2) is 0 Å². The van der Waals surface area contributed by atoms with Gasteiger partial charge in [-0.05, 0) is 11.8 Å². The van der Waals surface area contributed by atoms with Gasteiger partial charge in [0.25, 0.3) is 0 Å². The van der Waals surface area contributed by atoms with Crippen LogP contribution in [0.1, 0.15) is 220 Å². The molecule has 0 N–H and O–H groups in total. The zero-order chi connectivity index (χ0) is 26.4. The fourth-order valence-corrected chi connectivity index (χ4v) is 5.94. The number of hydrogen-bond acceptors (Lipinski definition) is 0. The molecule has 0 saturated carbocycles. The summed E-state index contributed by atoms with van der Waals surface area (Å²) in [5.41, 5.74) is 0. The first-order valence-corrected chi connectivity index (χ1v) is 17.7. The maximum absolute atomic E-state index is 2.51. The quantitative estimate of drug-likeness (QED) is 0.0820. The van der Waals surface area contributed by atoms with Crippen LogP contribution in [0.3, 0.4) is 0 Å². The van der Waals surface area contributed by atoms with Crippen LogP contribution in [0.2, 0.25) is 0 Å². The molecule has 0 radical (unpaired) electrons. The van der Waals surface area contributed by atoms with Gasteiger partial charge in [0.1, 0.15) is 0 Å². The van der Waals surface area contributed by atoms with E-state index in [0.717, 1.165) is 11.8 Å². The highest BCUT2D eigenvalue weighted by molar-refractivity contribution is 4.58. The molecule has 0 aliphatic heterocycles. The zero-order valence-electron chi connectivity index (χ0n) is 26.4. The third-order valence-electron chi connectivity index (χ3n) is 8.74. The van der Waals surface area contributed by atoms with Gasteiger partial charge in [-0.3, -0.25) is 0 Å². The Labute approximate surface area is 232 Å². The lowest BCUT2D eigenvalue weighted by molar-refractivity contribution is 0.421. The fourth-order valence-electron chi connectivity index (χ4n) is 5.94. The van der Waals surface area contributed by atoms with Crippen molar-refractivity contribution in [3.8, 4) is 0 Å². The summed E-state index contributed by atoms with van der Waals surface area (Å²) in [4.78, 5) is 0. The Kier molecular flexibility index (Phi) is 31.2. The standard InChI is InChI=1S/C36H74/c1-5-7-9-11-13-15-16-17-20-24-28-32-36(4)34-30-26-22-18-21-25-29-33-35(3)31-27-23-19-14-12-10-8-6-2/h35-36H,5-34H2,1-4H3. The second-order valence-electron chi connectivity index (χ2n) is 12.9. The van der Waals surface area contributed by atoms with Crippen LogP contribution in [0.15, 0.2) is 0 Å². The van der Waals surface area contributed by atoms with E-state index >= 15 is 0 Å². The van der Waals surface area contributed by atoms with Crippen molar-refractivity contribution in [3.05, 3.63) is 0 Å². The lowest BCUT2D eigenvalue weighted by Crippen LogP contribution is -1.96. The summed E-state index contributed by atoms with van der Waals surface area (Å²) in [6.07, 6.45) is 44.1. The molecule has 0 heteroatoms. The average molecular weight is 507 g/mol. The van der Waals surface area contributed by atoms with E-state index in [1.807, 2.05) is 0 Å². The van der Waals surface area contributed by atoms with E-state index in [2.05, 4.69) is 27.7 Å². The van der Waals surface area contributed by atoms with Gasteiger partial charge in [-0.2, -0.15) is 0 Å². The fraction of sp³-hybridized carbons (Fsp3) is 1.00. The number of unbranched alkanes of at least 4 members (excludes halogenated alkanes) is 23. The van der Waals surface area contributed by atoms with Crippen molar-refractivity contribution in [2.45, 2.75) is 220 Å². The van der Waals surface area contributed by atoms with Crippen molar-refractivity contribution >= 4 is 0 Å². The highest BCUT2D eigenvalue weighted by atomic mass is 14.1. The molecule has 2 unspecified atom stereocenters. The second kappa shape index (κ2) is 31.2. The molecular formula is C36H74. The molecule has 0 aromatic rings. The topological polar surface area (TPSA) is 0 Å². The lowest BCUT2D eigenvalue weighted by atomic mass is 9.95. The molecule has 0 saturated heterocycles. The van der Waals surface area contributed by atoms with Crippen LogP contribution in [0, 0.1) is 11.8 Å². The highest BCUT2D eigenvalue weighted by Gasteiger charge is 2.04. The second-order valence-corrected chi connectivity index (χ2v) is 12.9. The Morgan fingerprint density at radius 2 is 0.417 bits per heavy atom. The maximum Gasteiger partial charge on any atom is -0.0443 e. The number of hydrogen-bond donors (Lipinski definition) is 0. The molecule has 0 aromatic heterocycles. The van der Waals surface area contributed by atoms with Crippen LogP contribution in [0.5, 0.6) is 0 Å². The van der Waals surface area contributed by atoms with Gasteiger partial charge >= 0.3 is 0 Å². The summed E-state index contributed by atoms with van der Waals surface area (Å²) >= 11 is 0. The summed E-state index contributed by atoms with van der Waals surface area (Å²) in [5.74, 6) is 1.93. The van der Waals surface area contributed by atoms with E-state index in [9.17, 15) is 0 Å². The Hall–Kier alpha value is 0. The van der Waals surface area contributed by atoms with Crippen molar-refractivity contribution in [1.82, 2.24) is 0 Å². The summed E-state index contributed by atoms with van der Waals surface area (Å²) in [6.45, 7) is 9.62. The Morgan fingerprint density at radius 3 is 0.611 bits per heavy atom. The third-order valence-corrected chi connectivity index (χ3v) is 8.74. The normalized spacial score (nSPS) is 13.3. The molecule has 0 aliphatic rings. The highest BCUT2D eigenvalue weighted by Crippen LogP contribution is 2.21. The summed E-state index contributed by atoms with van der Waals surface area (Å²) < 4.78 is 0. The Morgan fingerprint density at radius 1 is 0.250 bits per heavy atom. The van der Waals surface area contributed by atoms with E-state index in [0.29, 0.717) is 0 Å². The van der Waals surface area contributed by atoms with Crippen molar-refractivity contribution in [2.24, 2.45) is 11.8 Å². The summed E-state index contributed by atoms with van der Waals surface area (Å²) in [7, 11) is 0. The van der Waals surface area contributed by atoms with Gasteiger partial charge in [0.15, 0.2) is 0 Å². The molecule has 0 bridgehead atoms. The van der Waals surface area contributed by atoms with Crippen LogP contribution in [0.4, 0.5) is 0 Å². The maximum atomic E-state index is 2.51. The third kappa shape index (κ3) is 30.2. The van der Waals surface area contributed by atoms with Crippen molar-refractivity contribution in [3.63, 3.8) is 0 Å². The van der Waals surface area contributed by atoms with Crippen molar-refractivity contribution < 1.29 is 0 Å². The molecule has 0 rings (SSSR count). The summed E-state index contributed by atoms with van der Waals surface area (Å²) in [6, 6.07) is 0. The molecule has 36 heavy (non-hydrogen) atoms. The predicted octanol–water partition coefficient (Wildman–Crippen LogP) is 14.0. The molecule has 2 atom stereocenters. The minimum atomic E-state index is 0.964. The van der Waals surface area contributed by atoms with E-state index < -0.39 is 0 Å². The van der Waals surface area contributed by atoms with Crippen LogP contribution >= 0.6 is 0 Å². The average Bonchev–Trinajstić information content (AvgIpc) is 2.87. The lowest BCUT2D eigenvalue weighted by Gasteiger charge is -2.12. The van der Waals surface area contributed by atoms with Gasteiger partial charge in [-0.15, -0.1) is 0 Å². The molecule has 0 spiro atoms. The van der Waals surface area contributed by atoms with Crippen molar-refractivity contribution in [1.29, 1.82) is 0 Å². The predicted molar refractivity (Wildman–Crippen MR) is 168 cm³/mol. The SMILES string of the molecule is CCCCCCCCCCCCCC(C)CCCCCCCCCC(C)CCCCCCCCCC. The molecule has 218 valence electrons. The first-order chi connectivity index (χ1) is 17.7. The zero-order valence-corrected chi connectivity index (χ0v) is 26.4. The van der Waals surface area contributed by atoms with Gasteiger partial charge < -0.3 is 0 Å². The van der Waals surface area contributed by atoms with Crippen molar-refractivity contribution in [2.75, 3.05) is 0 Å². The smallest absolute Gasteiger partial charge is 0.0443 e. The largest absolute Gasteiger partial charge is 0.0654 e. The molecular weight excluding hydrogens is 432 g/mol. The molecule has 0 fully saturated rings. The summed E-state index contributed by atoms with van der Waals surface area (Å²) in [5, 5.41) is 0. The Bertz CT molecular complexity index is 372. The van der Waals surface area contributed by atoms with Crippen LogP contribution in [-0.2, 0) is 0 Å². The molecule has 0 heterocycles. The van der Waals surface area contributed by atoms with E-state index in [4.69, 9.17) is 0 Å². The van der Waals surface area contributed by atoms with Crippen LogP contribution in [-0.4, -0.2) is 0 Å². The van der Waals surface area contributed by atoms with Gasteiger partial charge in [0, 0.05) is 0 Å². The number of rotatable bonds is 31. The minimum Gasteiger partial charge on any atom is -0.0654 e. The molecule has 0 aliphatic carbocycles. The van der Waals surface area contributed by atoms with Crippen LogP contribution in [0.25, 0.3) is 0 Å². The molecule has 0 aromatic carbocycles. The van der Waals surface area contributed by atoms with Crippen LogP contribution < -0.4 is 0 Å². The first-order valence-electron chi connectivity index (χ1n) is 17.7. The minimum absolute atomic E-state index is 0.964.